The Kier molecular flexibility index (Phi) is 6.28. The summed E-state index contributed by atoms with van der Waals surface area (Å²) in [4.78, 5) is 31.3. The second-order valence-corrected chi connectivity index (χ2v) is 10.2. The van der Waals surface area contributed by atoms with Crippen molar-refractivity contribution >= 4 is 61.0 Å². The fourth-order valence-corrected chi connectivity index (χ4v) is 5.73. The van der Waals surface area contributed by atoms with Crippen LogP contribution in [0, 0.1) is 20.8 Å². The number of nitrogens with one attached hydrogen (secondary N) is 1. The molecule has 8 heteroatoms. The molecule has 0 spiro atoms. The molecule has 6 nitrogen and oxygen atoms in total. The number of carbonyl (C=O) groups is 2. The van der Waals surface area contributed by atoms with Crippen LogP contribution in [0.3, 0.4) is 0 Å². The molecule has 5 aromatic rings. The monoisotopic (exact) mass is 517 g/mol. The van der Waals surface area contributed by atoms with Crippen LogP contribution in [0.5, 0.6) is 5.75 Å². The van der Waals surface area contributed by atoms with Crippen LogP contribution >= 0.6 is 22.9 Å². The highest BCUT2D eigenvalue weighted by Crippen LogP contribution is 2.32. The molecule has 0 aliphatic rings. The van der Waals surface area contributed by atoms with Crippen LogP contribution < -0.4 is 10.1 Å². The van der Waals surface area contributed by atoms with Crippen LogP contribution in [0.25, 0.3) is 21.1 Å². The van der Waals surface area contributed by atoms with Crippen molar-refractivity contribution in [2.75, 3.05) is 12.4 Å². The van der Waals surface area contributed by atoms with Crippen LogP contribution in [-0.2, 0) is 11.2 Å². The number of rotatable bonds is 5. The number of nitrogens with zero attached hydrogens (tertiary/aromatic N) is 2. The summed E-state index contributed by atoms with van der Waals surface area (Å²) in [6.45, 7) is 5.92. The molecule has 2 heterocycles. The molecule has 0 bridgehead atoms. The number of thiazole rings is 1. The number of carbonyl (C=O) groups excluding carboxylic acids is 2. The smallest absolute Gasteiger partial charge is 0.262 e. The van der Waals surface area contributed by atoms with Crippen LogP contribution in [0.15, 0.2) is 54.6 Å². The Morgan fingerprint density at radius 2 is 1.81 bits per heavy atom. The van der Waals surface area contributed by atoms with E-state index in [1.54, 1.807) is 35.9 Å². The van der Waals surface area contributed by atoms with Gasteiger partial charge in [0, 0.05) is 21.7 Å². The minimum Gasteiger partial charge on any atom is -0.497 e. The van der Waals surface area contributed by atoms with Gasteiger partial charge < -0.3 is 10.1 Å². The fourth-order valence-electron chi connectivity index (χ4n) is 4.54. The number of anilines is 1. The zero-order valence-electron chi connectivity index (χ0n) is 20.3. The molecule has 0 unspecified atom stereocenters. The first kappa shape index (κ1) is 24.0. The third-order valence-corrected chi connectivity index (χ3v) is 7.42. The van der Waals surface area contributed by atoms with E-state index in [-0.39, 0.29) is 18.2 Å². The van der Waals surface area contributed by atoms with E-state index in [0.717, 1.165) is 32.3 Å². The highest BCUT2D eigenvalue weighted by Gasteiger charge is 2.22. The summed E-state index contributed by atoms with van der Waals surface area (Å²) in [6, 6.07) is 16.4. The van der Waals surface area contributed by atoms with Crippen molar-refractivity contribution in [3.05, 3.63) is 87.6 Å². The number of fused-ring (bicyclic) bond motifs is 2. The maximum Gasteiger partial charge on any atom is 0.262 e. The molecular formula is C28H24ClN3O3S. The summed E-state index contributed by atoms with van der Waals surface area (Å²) >= 11 is 7.47. The van der Waals surface area contributed by atoms with Crippen molar-refractivity contribution < 1.29 is 14.3 Å². The quantitative estimate of drug-likeness (QED) is 0.281. The molecule has 0 atom stereocenters. The van der Waals surface area contributed by atoms with E-state index in [9.17, 15) is 9.59 Å². The number of aromatic nitrogens is 2. The van der Waals surface area contributed by atoms with Crippen molar-refractivity contribution in [3.63, 3.8) is 0 Å². The van der Waals surface area contributed by atoms with E-state index in [1.807, 2.05) is 39.0 Å². The Hall–Kier alpha value is -3.68. The van der Waals surface area contributed by atoms with E-state index < -0.39 is 0 Å². The summed E-state index contributed by atoms with van der Waals surface area (Å²) in [5.74, 6) is 0.257. The zero-order chi connectivity index (χ0) is 25.6. The number of halogens is 1. The van der Waals surface area contributed by atoms with E-state index in [4.69, 9.17) is 16.3 Å². The van der Waals surface area contributed by atoms with Gasteiger partial charge >= 0.3 is 0 Å². The predicted octanol–water partition coefficient (Wildman–Crippen LogP) is 6.71. The van der Waals surface area contributed by atoms with Crippen LogP contribution in [0.2, 0.25) is 5.02 Å². The minimum atomic E-state index is -0.202. The molecule has 36 heavy (non-hydrogen) atoms. The SMILES string of the molecule is COc1ccc2c(c1)c(CC(=O)Nc1nc3c(C)cc(C)cc3s1)c(C)n2C(=O)c1ccc(Cl)cc1. The summed E-state index contributed by atoms with van der Waals surface area (Å²) in [7, 11) is 1.59. The normalized spacial score (nSPS) is 11.2. The standard InChI is InChI=1S/C28H24ClN3O3S/c1-15-11-16(2)26-24(12-15)36-28(31-26)30-25(33)14-21-17(3)32(23-10-9-20(35-4)13-22(21)23)27(34)18-5-7-19(29)8-6-18/h5-13H,14H2,1-4H3,(H,30,31,33). The lowest BCUT2D eigenvalue weighted by Crippen LogP contribution is -2.16. The van der Waals surface area contributed by atoms with Gasteiger partial charge in [0.25, 0.3) is 5.91 Å². The number of methoxy groups -OCH3 is 1. The van der Waals surface area contributed by atoms with Gasteiger partial charge in [0.15, 0.2) is 5.13 Å². The number of hydrogen-bond donors (Lipinski definition) is 1. The molecule has 0 aliphatic carbocycles. The number of amides is 1. The lowest BCUT2D eigenvalue weighted by Gasteiger charge is -2.08. The van der Waals surface area contributed by atoms with Gasteiger partial charge in [0.1, 0.15) is 5.75 Å². The molecule has 0 saturated carbocycles. The molecule has 1 N–H and O–H groups in total. The van der Waals surface area contributed by atoms with Crippen molar-refractivity contribution in [1.29, 1.82) is 0 Å². The van der Waals surface area contributed by atoms with Gasteiger partial charge in [-0.25, -0.2) is 4.98 Å². The third kappa shape index (κ3) is 4.36. The number of benzene rings is 3. The van der Waals surface area contributed by atoms with Crippen molar-refractivity contribution in [3.8, 4) is 5.75 Å². The molecule has 0 saturated heterocycles. The molecule has 0 radical (unpaired) electrons. The van der Waals surface area contributed by atoms with Gasteiger partial charge in [-0.05, 0) is 86.0 Å². The third-order valence-electron chi connectivity index (χ3n) is 6.25. The van der Waals surface area contributed by atoms with Crippen LogP contribution in [0.4, 0.5) is 5.13 Å². The molecule has 0 aliphatic heterocycles. The molecule has 1 amide bonds. The highest BCUT2D eigenvalue weighted by atomic mass is 35.5. The van der Waals surface area contributed by atoms with E-state index in [1.165, 1.54) is 11.3 Å². The van der Waals surface area contributed by atoms with E-state index >= 15 is 0 Å². The van der Waals surface area contributed by atoms with Crippen molar-refractivity contribution in [1.82, 2.24) is 9.55 Å². The average molecular weight is 518 g/mol. The molecule has 0 fully saturated rings. The van der Waals surface area contributed by atoms with Crippen LogP contribution in [0.1, 0.15) is 32.7 Å². The van der Waals surface area contributed by atoms with E-state index in [0.29, 0.717) is 32.7 Å². The van der Waals surface area contributed by atoms with Gasteiger partial charge in [0.2, 0.25) is 5.91 Å². The lowest BCUT2D eigenvalue weighted by molar-refractivity contribution is -0.115. The number of ether oxygens (including phenoxy) is 1. The molecule has 2 aromatic heterocycles. The van der Waals surface area contributed by atoms with Gasteiger partial charge in [-0.1, -0.05) is 29.0 Å². The Morgan fingerprint density at radius 1 is 1.06 bits per heavy atom. The predicted molar refractivity (Wildman–Crippen MR) is 146 cm³/mol. The largest absolute Gasteiger partial charge is 0.497 e. The Morgan fingerprint density at radius 3 is 2.53 bits per heavy atom. The second-order valence-electron chi connectivity index (χ2n) is 8.77. The first-order chi connectivity index (χ1) is 17.2. The van der Waals surface area contributed by atoms with Crippen molar-refractivity contribution in [2.24, 2.45) is 0 Å². The lowest BCUT2D eigenvalue weighted by atomic mass is 10.1. The summed E-state index contributed by atoms with van der Waals surface area (Å²) in [6.07, 6.45) is 0.0876. The van der Waals surface area contributed by atoms with E-state index in [2.05, 4.69) is 22.4 Å². The Labute approximate surface area is 217 Å². The first-order valence-electron chi connectivity index (χ1n) is 11.4. The minimum absolute atomic E-state index is 0.0876. The summed E-state index contributed by atoms with van der Waals surface area (Å²) < 4.78 is 8.10. The van der Waals surface area contributed by atoms with Gasteiger partial charge in [0.05, 0.1) is 29.3 Å². The maximum absolute atomic E-state index is 13.5. The van der Waals surface area contributed by atoms with Gasteiger partial charge in [-0.2, -0.15) is 0 Å². The zero-order valence-corrected chi connectivity index (χ0v) is 21.9. The Balaban J connectivity index is 1.52. The van der Waals surface area contributed by atoms with Crippen molar-refractivity contribution in [2.45, 2.75) is 27.2 Å². The van der Waals surface area contributed by atoms with Crippen LogP contribution in [-0.4, -0.2) is 28.5 Å². The molecule has 5 rings (SSSR count). The first-order valence-corrected chi connectivity index (χ1v) is 12.6. The molecule has 182 valence electrons. The van der Waals surface area contributed by atoms with Gasteiger partial charge in [-0.3, -0.25) is 14.2 Å². The average Bonchev–Trinajstić information content (AvgIpc) is 3.36. The number of hydrogen-bond acceptors (Lipinski definition) is 5. The van der Waals surface area contributed by atoms with Gasteiger partial charge in [-0.15, -0.1) is 0 Å². The number of aryl methyl sites for hydroxylation is 2. The molecular weight excluding hydrogens is 494 g/mol. The second kappa shape index (κ2) is 9.41. The fraction of sp³-hybridized carbons (Fsp3) is 0.179. The summed E-state index contributed by atoms with van der Waals surface area (Å²) in [5, 5.41) is 4.86. The molecule has 3 aromatic carbocycles. The topological polar surface area (TPSA) is 73.2 Å². The Bertz CT molecular complexity index is 1650. The highest BCUT2D eigenvalue weighted by molar-refractivity contribution is 7.22. The summed E-state index contributed by atoms with van der Waals surface area (Å²) in [5.41, 5.74) is 5.80. The maximum atomic E-state index is 13.5.